The van der Waals surface area contributed by atoms with Crippen LogP contribution in [0, 0.1) is 11.3 Å². The molecule has 3 rings (SSSR count). The molecule has 0 amide bonds. The van der Waals surface area contributed by atoms with Crippen LogP contribution in [0.4, 0.5) is 5.69 Å². The number of rotatable bonds is 4. The molecule has 2 heteroatoms. The molecule has 2 nitrogen and oxygen atoms in total. The molecule has 1 aliphatic carbocycles. The fourth-order valence-corrected chi connectivity index (χ4v) is 2.89. The van der Waals surface area contributed by atoms with Crippen molar-refractivity contribution >= 4 is 5.69 Å². The first-order valence-electron chi connectivity index (χ1n) is 7.17. The van der Waals surface area contributed by atoms with Crippen LogP contribution in [0.5, 0.6) is 0 Å². The normalized spacial score (nSPS) is 14.3. The number of anilines is 1. The average Bonchev–Trinajstić information content (AvgIpc) is 2.95. The monoisotopic (exact) mass is 262 g/mol. The maximum atomic E-state index is 9.04. The smallest absolute Gasteiger partial charge is 0.0647 e. The highest BCUT2D eigenvalue weighted by Gasteiger charge is 2.14. The van der Waals surface area contributed by atoms with Crippen LogP contribution in [0.15, 0.2) is 48.5 Å². The van der Waals surface area contributed by atoms with E-state index in [2.05, 4.69) is 41.7 Å². The molecule has 2 aromatic rings. The van der Waals surface area contributed by atoms with E-state index in [-0.39, 0.29) is 6.04 Å². The molecule has 0 aliphatic heterocycles. The Bertz CT molecular complexity index is 626. The zero-order valence-corrected chi connectivity index (χ0v) is 11.5. The quantitative estimate of drug-likeness (QED) is 0.894. The maximum Gasteiger partial charge on any atom is 0.0647 e. The van der Waals surface area contributed by atoms with E-state index in [0.717, 1.165) is 11.3 Å². The summed E-state index contributed by atoms with van der Waals surface area (Å²) in [6.07, 6.45) is 4.12. The Kier molecular flexibility index (Phi) is 3.69. The van der Waals surface area contributed by atoms with Gasteiger partial charge < -0.3 is 5.32 Å². The van der Waals surface area contributed by atoms with Crippen LogP contribution in [0.3, 0.4) is 0 Å². The molecule has 0 fully saturated rings. The molecule has 1 N–H and O–H groups in total. The minimum Gasteiger partial charge on any atom is -0.377 e. The summed E-state index contributed by atoms with van der Waals surface area (Å²) >= 11 is 0. The van der Waals surface area contributed by atoms with E-state index in [4.69, 9.17) is 5.26 Å². The number of hydrogen-bond donors (Lipinski definition) is 1. The van der Waals surface area contributed by atoms with Crippen LogP contribution in [-0.4, -0.2) is 0 Å². The summed E-state index contributed by atoms with van der Waals surface area (Å²) < 4.78 is 0. The van der Waals surface area contributed by atoms with Crippen LogP contribution in [-0.2, 0) is 12.8 Å². The van der Waals surface area contributed by atoms with Crippen molar-refractivity contribution in [1.29, 1.82) is 5.26 Å². The zero-order chi connectivity index (χ0) is 13.8. The van der Waals surface area contributed by atoms with Crippen molar-refractivity contribution < 1.29 is 0 Å². The van der Waals surface area contributed by atoms with Crippen LogP contribution in [0.2, 0.25) is 0 Å². The van der Waals surface area contributed by atoms with Gasteiger partial charge in [0.15, 0.2) is 0 Å². The van der Waals surface area contributed by atoms with E-state index in [0.29, 0.717) is 6.42 Å². The molecule has 0 radical (unpaired) electrons. The lowest BCUT2D eigenvalue weighted by Gasteiger charge is -2.18. The first-order chi connectivity index (χ1) is 9.86. The highest BCUT2D eigenvalue weighted by molar-refractivity contribution is 5.51. The molecular weight excluding hydrogens is 244 g/mol. The fourth-order valence-electron chi connectivity index (χ4n) is 2.89. The van der Waals surface area contributed by atoms with Crippen molar-refractivity contribution in [3.8, 4) is 6.07 Å². The van der Waals surface area contributed by atoms with Crippen molar-refractivity contribution in [3.05, 3.63) is 65.2 Å². The molecule has 0 saturated heterocycles. The van der Waals surface area contributed by atoms with Gasteiger partial charge in [0.05, 0.1) is 18.5 Å². The summed E-state index contributed by atoms with van der Waals surface area (Å²) in [5, 5.41) is 12.5. The predicted molar refractivity (Wildman–Crippen MR) is 81.5 cm³/mol. The lowest BCUT2D eigenvalue weighted by atomic mass is 10.0. The Morgan fingerprint density at radius 2 is 1.85 bits per heavy atom. The van der Waals surface area contributed by atoms with Crippen molar-refractivity contribution in [2.24, 2.45) is 0 Å². The molecule has 0 saturated carbocycles. The van der Waals surface area contributed by atoms with Gasteiger partial charge in [-0.15, -0.1) is 0 Å². The molecule has 20 heavy (non-hydrogen) atoms. The van der Waals surface area contributed by atoms with Gasteiger partial charge in [-0.05, 0) is 48.1 Å². The minimum absolute atomic E-state index is 0.0562. The molecule has 1 atom stereocenters. The van der Waals surface area contributed by atoms with Gasteiger partial charge in [-0.1, -0.05) is 36.4 Å². The highest BCUT2D eigenvalue weighted by Crippen LogP contribution is 2.28. The Labute approximate surface area is 120 Å². The standard InChI is InChI=1S/C18H18N2/c19-12-11-18(15-5-2-1-3-6-15)20-17-10-9-14-7-4-8-16(14)13-17/h1-3,5-6,9-10,13,18,20H,4,7-8,11H2. The summed E-state index contributed by atoms with van der Waals surface area (Å²) in [5.74, 6) is 0. The van der Waals surface area contributed by atoms with Gasteiger partial charge >= 0.3 is 0 Å². The van der Waals surface area contributed by atoms with Gasteiger partial charge in [0, 0.05) is 5.69 Å². The lowest BCUT2D eigenvalue weighted by Crippen LogP contribution is -2.10. The van der Waals surface area contributed by atoms with Crippen molar-refractivity contribution in [1.82, 2.24) is 0 Å². The number of aryl methyl sites for hydroxylation is 2. The Hall–Kier alpha value is -2.27. The predicted octanol–water partition coefficient (Wildman–Crippen LogP) is 4.24. The number of nitriles is 1. The molecule has 2 aromatic carbocycles. The highest BCUT2D eigenvalue weighted by atomic mass is 14.9. The molecule has 1 unspecified atom stereocenters. The lowest BCUT2D eigenvalue weighted by molar-refractivity contribution is 0.806. The number of benzene rings is 2. The minimum atomic E-state index is 0.0562. The van der Waals surface area contributed by atoms with E-state index < -0.39 is 0 Å². The molecule has 0 aromatic heterocycles. The first-order valence-corrected chi connectivity index (χ1v) is 7.17. The van der Waals surface area contributed by atoms with E-state index in [9.17, 15) is 0 Å². The van der Waals surface area contributed by atoms with Gasteiger partial charge in [0.1, 0.15) is 0 Å². The van der Waals surface area contributed by atoms with Crippen LogP contribution < -0.4 is 5.32 Å². The van der Waals surface area contributed by atoms with Crippen LogP contribution in [0.1, 0.15) is 35.6 Å². The third-order valence-electron chi connectivity index (χ3n) is 3.94. The van der Waals surface area contributed by atoms with E-state index in [1.807, 2.05) is 18.2 Å². The van der Waals surface area contributed by atoms with Gasteiger partial charge in [0.2, 0.25) is 0 Å². The van der Waals surface area contributed by atoms with E-state index >= 15 is 0 Å². The third kappa shape index (κ3) is 2.67. The molecule has 0 bridgehead atoms. The van der Waals surface area contributed by atoms with Crippen molar-refractivity contribution in [2.75, 3.05) is 5.32 Å². The molecule has 1 aliphatic rings. The topological polar surface area (TPSA) is 35.8 Å². The maximum absolute atomic E-state index is 9.04. The largest absolute Gasteiger partial charge is 0.377 e. The number of fused-ring (bicyclic) bond motifs is 1. The number of nitrogens with zero attached hydrogens (tertiary/aromatic N) is 1. The Morgan fingerprint density at radius 3 is 2.65 bits per heavy atom. The molecular formula is C18H18N2. The van der Waals surface area contributed by atoms with E-state index in [1.54, 1.807) is 0 Å². The number of hydrogen-bond acceptors (Lipinski definition) is 2. The molecule has 100 valence electrons. The summed E-state index contributed by atoms with van der Waals surface area (Å²) in [7, 11) is 0. The van der Waals surface area contributed by atoms with Crippen molar-refractivity contribution in [2.45, 2.75) is 31.7 Å². The van der Waals surface area contributed by atoms with Gasteiger partial charge in [-0.2, -0.15) is 5.26 Å². The Morgan fingerprint density at radius 1 is 1.05 bits per heavy atom. The first kappa shape index (κ1) is 12.7. The summed E-state index contributed by atoms with van der Waals surface area (Å²) in [6.45, 7) is 0. The van der Waals surface area contributed by atoms with Gasteiger partial charge in [0.25, 0.3) is 0 Å². The van der Waals surface area contributed by atoms with Crippen LogP contribution >= 0.6 is 0 Å². The average molecular weight is 262 g/mol. The second-order valence-electron chi connectivity index (χ2n) is 5.31. The third-order valence-corrected chi connectivity index (χ3v) is 3.94. The van der Waals surface area contributed by atoms with E-state index in [1.165, 1.54) is 30.4 Å². The molecule has 0 spiro atoms. The fraction of sp³-hybridized carbons (Fsp3) is 0.278. The summed E-state index contributed by atoms with van der Waals surface area (Å²) in [6, 6.07) is 19.1. The molecule has 0 heterocycles. The zero-order valence-electron chi connectivity index (χ0n) is 11.5. The van der Waals surface area contributed by atoms with Gasteiger partial charge in [-0.3, -0.25) is 0 Å². The SMILES string of the molecule is N#CCC(Nc1ccc2c(c1)CCC2)c1ccccc1. The number of nitrogens with one attached hydrogen (secondary N) is 1. The second-order valence-corrected chi connectivity index (χ2v) is 5.31. The van der Waals surface area contributed by atoms with Gasteiger partial charge in [-0.25, -0.2) is 0 Å². The Balaban J connectivity index is 1.82. The van der Waals surface area contributed by atoms with Crippen molar-refractivity contribution in [3.63, 3.8) is 0 Å². The summed E-state index contributed by atoms with van der Waals surface area (Å²) in [5.41, 5.74) is 5.22. The summed E-state index contributed by atoms with van der Waals surface area (Å²) in [4.78, 5) is 0. The second kappa shape index (κ2) is 5.79. The van der Waals surface area contributed by atoms with Crippen LogP contribution in [0.25, 0.3) is 0 Å².